The lowest BCUT2D eigenvalue weighted by Crippen LogP contribution is -2.39. The minimum absolute atomic E-state index is 0.00168. The average molecular weight is 901 g/mol. The highest BCUT2D eigenvalue weighted by Crippen LogP contribution is 2.47. The van der Waals surface area contributed by atoms with Crippen molar-refractivity contribution in [1.82, 2.24) is 0 Å². The molecule has 324 valence electrons. The lowest BCUT2D eigenvalue weighted by molar-refractivity contribution is -0.154. The van der Waals surface area contributed by atoms with E-state index >= 15 is 0 Å². The van der Waals surface area contributed by atoms with Gasteiger partial charge < -0.3 is 14.2 Å². The van der Waals surface area contributed by atoms with Crippen LogP contribution in [0.15, 0.2) is 36.5 Å². The summed E-state index contributed by atoms with van der Waals surface area (Å²) in [7, 11) is 0. The number of hydrogen-bond donors (Lipinski definition) is 0. The normalized spacial score (nSPS) is 25.3. The van der Waals surface area contributed by atoms with Crippen LogP contribution < -0.4 is 0 Å². The third-order valence-electron chi connectivity index (χ3n) is 11.4. The molecule has 57 heavy (non-hydrogen) atoms. The van der Waals surface area contributed by atoms with Crippen molar-refractivity contribution in [2.45, 2.75) is 128 Å². The van der Waals surface area contributed by atoms with Crippen LogP contribution in [-0.4, -0.2) is 105 Å². The van der Waals surface area contributed by atoms with Gasteiger partial charge in [0.15, 0.2) is 0 Å². The van der Waals surface area contributed by atoms with Gasteiger partial charge in [0.05, 0.1) is 0 Å². The van der Waals surface area contributed by atoms with Gasteiger partial charge in [-0.05, 0) is 42.9 Å². The molecule has 3 heterocycles. The van der Waals surface area contributed by atoms with Gasteiger partial charge >= 0.3 is 17.9 Å². The number of esters is 3. The van der Waals surface area contributed by atoms with Crippen molar-refractivity contribution in [2.24, 2.45) is 23.7 Å². The zero-order valence-corrected chi connectivity index (χ0v) is 39.8. The van der Waals surface area contributed by atoms with Gasteiger partial charge in [0.25, 0.3) is 0 Å². The van der Waals surface area contributed by atoms with Crippen LogP contribution in [0.2, 0.25) is 0 Å². The number of rotatable bonds is 20. The average Bonchev–Trinajstić information content (AvgIpc) is 3.14. The molecule has 6 nitrogen and oxygen atoms in total. The fraction of sp³-hybridized carbons (Fsp3) is 0.800. The molecule has 0 N–H and O–H groups in total. The molecule has 1 aliphatic carbocycles. The van der Waals surface area contributed by atoms with Crippen LogP contribution in [0, 0.1) is 23.7 Å². The minimum Gasteiger partial charge on any atom is -0.461 e. The molecule has 3 aliphatic heterocycles. The zero-order chi connectivity index (χ0) is 40.7. The molecule has 0 spiro atoms. The van der Waals surface area contributed by atoms with E-state index in [2.05, 4.69) is 26.7 Å². The summed E-state index contributed by atoms with van der Waals surface area (Å²) in [4.78, 5) is 40.3. The van der Waals surface area contributed by atoms with E-state index in [0.29, 0.717) is 31.1 Å². The zero-order valence-electron chi connectivity index (χ0n) is 34.9. The Bertz CT molecular complexity index is 1230. The van der Waals surface area contributed by atoms with Crippen LogP contribution in [0.1, 0.15) is 110 Å². The largest absolute Gasteiger partial charge is 0.461 e. The predicted octanol–water partition coefficient (Wildman–Crippen LogP) is 11.6. The third-order valence-corrected chi connectivity index (χ3v) is 18.7. The Labute approximate surface area is 371 Å². The highest BCUT2D eigenvalue weighted by atomic mass is 32.2. The summed E-state index contributed by atoms with van der Waals surface area (Å²) < 4.78 is 18.3. The van der Waals surface area contributed by atoms with Crippen LogP contribution in [-0.2, 0) is 28.6 Å². The first kappa shape index (κ1) is 49.4. The lowest BCUT2D eigenvalue weighted by Gasteiger charge is -2.43. The van der Waals surface area contributed by atoms with E-state index in [4.69, 9.17) is 14.2 Å². The molecular weight excluding hydrogens is 829 g/mol. The highest BCUT2D eigenvalue weighted by Gasteiger charge is 2.42. The summed E-state index contributed by atoms with van der Waals surface area (Å²) in [6.07, 6.45) is 15.5. The van der Waals surface area contributed by atoms with Crippen LogP contribution in [0.3, 0.4) is 0 Å². The fourth-order valence-electron chi connectivity index (χ4n) is 8.53. The second-order valence-electron chi connectivity index (χ2n) is 16.7. The molecular formula is C45H72O6S6. The number of thioether (sulfide) groups is 6. The Hall–Kier alpha value is -0.270. The maximum Gasteiger partial charge on any atom is 0.306 e. The SMILES string of the molecule is C=C1CSCC(OC(=O)CCCCCCCC2CCC(CCCCCC)C(CC(=O)OC3CSCC(=C)CSC3)C2CC(=O)OC2CSCC(=C)CSC2)CSC1. The molecule has 4 aliphatic rings. The molecule has 0 radical (unpaired) electrons. The van der Waals surface area contributed by atoms with E-state index in [1.54, 1.807) is 0 Å². The Morgan fingerprint density at radius 1 is 0.491 bits per heavy atom. The van der Waals surface area contributed by atoms with E-state index in [1.165, 1.54) is 42.4 Å². The molecule has 3 saturated heterocycles. The van der Waals surface area contributed by atoms with Crippen molar-refractivity contribution in [2.75, 3.05) is 69.0 Å². The highest BCUT2D eigenvalue weighted by molar-refractivity contribution is 8.02. The molecule has 0 bridgehead atoms. The molecule has 0 amide bonds. The monoisotopic (exact) mass is 900 g/mol. The van der Waals surface area contributed by atoms with Gasteiger partial charge in [0, 0.05) is 88.3 Å². The second-order valence-corrected chi connectivity index (χ2v) is 22.8. The Balaban J connectivity index is 1.34. The van der Waals surface area contributed by atoms with Crippen LogP contribution in [0.4, 0.5) is 0 Å². The Morgan fingerprint density at radius 2 is 0.825 bits per heavy atom. The van der Waals surface area contributed by atoms with Crippen molar-refractivity contribution in [3.05, 3.63) is 36.5 Å². The Kier molecular flexibility index (Phi) is 25.2. The van der Waals surface area contributed by atoms with Gasteiger partial charge in [-0.2, -0.15) is 70.6 Å². The predicted molar refractivity (Wildman–Crippen MR) is 255 cm³/mol. The van der Waals surface area contributed by atoms with Crippen LogP contribution >= 0.6 is 70.6 Å². The quantitative estimate of drug-likeness (QED) is 0.0505. The smallest absolute Gasteiger partial charge is 0.306 e. The number of ether oxygens (including phenoxy) is 3. The van der Waals surface area contributed by atoms with Crippen molar-refractivity contribution in [1.29, 1.82) is 0 Å². The van der Waals surface area contributed by atoms with E-state index in [9.17, 15) is 14.4 Å². The van der Waals surface area contributed by atoms with E-state index < -0.39 is 0 Å². The van der Waals surface area contributed by atoms with E-state index in [1.807, 2.05) is 70.6 Å². The first-order chi connectivity index (χ1) is 27.7. The molecule has 4 atom stereocenters. The lowest BCUT2D eigenvalue weighted by atomic mass is 9.62. The van der Waals surface area contributed by atoms with Gasteiger partial charge in [0.2, 0.25) is 0 Å². The molecule has 1 saturated carbocycles. The Morgan fingerprint density at radius 3 is 1.21 bits per heavy atom. The van der Waals surface area contributed by atoms with Crippen LogP contribution in [0.5, 0.6) is 0 Å². The van der Waals surface area contributed by atoms with E-state index in [0.717, 1.165) is 127 Å². The molecule has 0 aromatic carbocycles. The van der Waals surface area contributed by atoms with Gasteiger partial charge in [-0.15, -0.1) is 0 Å². The summed E-state index contributed by atoms with van der Waals surface area (Å²) in [5.41, 5.74) is 3.75. The van der Waals surface area contributed by atoms with Crippen molar-refractivity contribution in [3.63, 3.8) is 0 Å². The summed E-state index contributed by atoms with van der Waals surface area (Å²) in [6.45, 7) is 14.7. The first-order valence-corrected chi connectivity index (χ1v) is 28.7. The van der Waals surface area contributed by atoms with E-state index in [-0.39, 0.29) is 48.1 Å². The summed E-state index contributed by atoms with van der Waals surface area (Å²) in [6, 6.07) is 0. The maximum atomic E-state index is 13.9. The molecule has 0 aromatic heterocycles. The summed E-state index contributed by atoms with van der Waals surface area (Å²) in [5.74, 6) is 11.3. The number of unbranched alkanes of at least 4 members (excludes halogenated alkanes) is 7. The standard InChI is InChI=1S/C45H72O6S6/c1-5-6-7-11-14-36-17-18-37(15-12-9-8-10-13-16-43(46)49-38-27-52-21-33(2)22-53-28-38)42(20-45(48)51-40-31-56-25-35(4)26-57-32-40)41(36)19-44(47)50-39-29-54-23-34(3)24-55-30-39/h36-42H,2-32H2,1H3. The second kappa shape index (κ2) is 29.1. The van der Waals surface area contributed by atoms with Crippen LogP contribution in [0.25, 0.3) is 0 Å². The molecule has 4 rings (SSSR count). The van der Waals surface area contributed by atoms with Gasteiger partial charge in [-0.1, -0.05) is 108 Å². The van der Waals surface area contributed by atoms with Crippen molar-refractivity contribution in [3.8, 4) is 0 Å². The molecule has 4 fully saturated rings. The topological polar surface area (TPSA) is 78.9 Å². The maximum absolute atomic E-state index is 13.9. The summed E-state index contributed by atoms with van der Waals surface area (Å²) >= 11 is 10.9. The fourth-order valence-corrected chi connectivity index (χ4v) is 15.1. The molecule has 12 heteroatoms. The van der Waals surface area contributed by atoms with Crippen molar-refractivity contribution < 1.29 is 28.6 Å². The summed E-state index contributed by atoms with van der Waals surface area (Å²) in [5, 5.41) is 0. The third kappa shape index (κ3) is 20.4. The molecule has 0 aromatic rings. The van der Waals surface area contributed by atoms with Gasteiger partial charge in [0.1, 0.15) is 18.3 Å². The van der Waals surface area contributed by atoms with Crippen molar-refractivity contribution >= 4 is 88.5 Å². The number of carbonyl (C=O) groups is 3. The minimum atomic E-state index is -0.0948. The molecule has 4 unspecified atom stereocenters. The number of carbonyl (C=O) groups excluding carboxylic acids is 3. The van der Waals surface area contributed by atoms with Gasteiger partial charge in [-0.3, -0.25) is 14.4 Å². The number of hydrogen-bond acceptors (Lipinski definition) is 12. The van der Waals surface area contributed by atoms with Gasteiger partial charge in [-0.25, -0.2) is 0 Å². The first-order valence-electron chi connectivity index (χ1n) is 21.7.